The van der Waals surface area contributed by atoms with E-state index < -0.39 is 0 Å². The highest BCUT2D eigenvalue weighted by Gasteiger charge is 2.05. The Morgan fingerprint density at radius 1 is 1.41 bits per heavy atom. The summed E-state index contributed by atoms with van der Waals surface area (Å²) < 4.78 is 2.87. The van der Waals surface area contributed by atoms with Gasteiger partial charge in [0.25, 0.3) is 0 Å². The third-order valence-electron chi connectivity index (χ3n) is 2.66. The van der Waals surface area contributed by atoms with E-state index in [1.165, 1.54) is 4.88 Å². The van der Waals surface area contributed by atoms with Crippen LogP contribution in [0.15, 0.2) is 30.5 Å². The van der Waals surface area contributed by atoms with Gasteiger partial charge < -0.3 is 9.55 Å². The minimum atomic E-state index is 0.761. The molecule has 0 spiro atoms. The van der Waals surface area contributed by atoms with Crippen molar-refractivity contribution in [2.75, 3.05) is 0 Å². The maximum Gasteiger partial charge on any atom is 0.178 e. The maximum atomic E-state index is 5.35. The number of imidazole rings is 1. The van der Waals surface area contributed by atoms with E-state index in [1.54, 1.807) is 11.3 Å². The molecule has 0 bridgehead atoms. The Labute approximate surface area is 108 Å². The summed E-state index contributed by atoms with van der Waals surface area (Å²) in [6, 6.07) is 8.16. The molecule has 0 saturated carbocycles. The summed E-state index contributed by atoms with van der Waals surface area (Å²) in [5.41, 5.74) is 2.22. The van der Waals surface area contributed by atoms with E-state index in [1.807, 2.05) is 31.3 Å². The van der Waals surface area contributed by atoms with Crippen LogP contribution in [0.3, 0.4) is 0 Å². The zero-order valence-electron chi connectivity index (χ0n) is 9.30. The number of H-pyrrole nitrogens is 1. The topological polar surface area (TPSA) is 33.6 Å². The first kappa shape index (κ1) is 10.7. The molecule has 3 nitrogen and oxygen atoms in total. The van der Waals surface area contributed by atoms with Crippen LogP contribution >= 0.6 is 23.6 Å². The highest BCUT2D eigenvalue weighted by atomic mass is 32.1. The molecule has 0 aliphatic rings. The fraction of sp³-hybridized carbons (Fsp3) is 0.167. The first-order chi connectivity index (χ1) is 8.24. The van der Waals surface area contributed by atoms with E-state index >= 15 is 0 Å². The quantitative estimate of drug-likeness (QED) is 0.716. The fourth-order valence-electron chi connectivity index (χ4n) is 1.90. The van der Waals surface area contributed by atoms with Gasteiger partial charge in [-0.3, -0.25) is 0 Å². The number of hydrogen-bond donors (Lipinski definition) is 1. The van der Waals surface area contributed by atoms with Crippen molar-refractivity contribution >= 4 is 34.6 Å². The molecule has 5 heteroatoms. The van der Waals surface area contributed by atoms with Gasteiger partial charge >= 0.3 is 0 Å². The Balaban J connectivity index is 2.11. The molecular formula is C12H11N3S2. The Morgan fingerprint density at radius 3 is 3.00 bits per heavy atom. The largest absolute Gasteiger partial charge is 0.331 e. The summed E-state index contributed by atoms with van der Waals surface area (Å²) in [7, 11) is 0. The number of aryl methyl sites for hydroxylation is 1. The molecule has 0 aliphatic carbocycles. The molecule has 0 aliphatic heterocycles. The number of para-hydroxylation sites is 2. The predicted octanol–water partition coefficient (Wildman–Crippen LogP) is 3.51. The Bertz CT molecular complexity index is 721. The monoisotopic (exact) mass is 261 g/mol. The molecule has 0 unspecified atom stereocenters. The molecule has 3 rings (SSSR count). The number of rotatable bonds is 2. The molecule has 0 radical (unpaired) electrons. The van der Waals surface area contributed by atoms with Crippen molar-refractivity contribution in [2.45, 2.75) is 13.5 Å². The van der Waals surface area contributed by atoms with Gasteiger partial charge in [0.2, 0.25) is 0 Å². The first-order valence-corrected chi connectivity index (χ1v) is 6.55. The van der Waals surface area contributed by atoms with Crippen LogP contribution in [0.2, 0.25) is 0 Å². The Morgan fingerprint density at radius 2 is 2.24 bits per heavy atom. The molecule has 0 fully saturated rings. The van der Waals surface area contributed by atoms with Crippen molar-refractivity contribution in [3.8, 4) is 0 Å². The van der Waals surface area contributed by atoms with E-state index in [9.17, 15) is 0 Å². The van der Waals surface area contributed by atoms with Crippen LogP contribution in [-0.4, -0.2) is 14.5 Å². The van der Waals surface area contributed by atoms with Gasteiger partial charge in [0, 0.05) is 11.1 Å². The maximum absolute atomic E-state index is 5.35. The molecule has 2 aromatic heterocycles. The van der Waals surface area contributed by atoms with Gasteiger partial charge in [0.05, 0.1) is 22.6 Å². The van der Waals surface area contributed by atoms with Gasteiger partial charge in [0.15, 0.2) is 4.77 Å². The summed E-state index contributed by atoms with van der Waals surface area (Å²) >= 11 is 7.06. The highest BCUT2D eigenvalue weighted by molar-refractivity contribution is 7.71. The molecule has 2 heterocycles. The molecule has 0 atom stereocenters. The highest BCUT2D eigenvalue weighted by Crippen LogP contribution is 2.18. The standard InChI is InChI=1S/C12H11N3S2/c1-8-13-6-9(17-8)7-15-11-5-3-2-4-10(11)14-12(15)16/h2-6H,7H2,1H3,(H,14,16). The smallest absolute Gasteiger partial charge is 0.178 e. The normalized spacial score (nSPS) is 11.1. The zero-order chi connectivity index (χ0) is 11.8. The predicted molar refractivity (Wildman–Crippen MR) is 73.1 cm³/mol. The molecule has 1 aromatic carbocycles. The van der Waals surface area contributed by atoms with E-state index in [4.69, 9.17) is 12.2 Å². The van der Waals surface area contributed by atoms with E-state index in [0.29, 0.717) is 0 Å². The SMILES string of the molecule is Cc1ncc(Cn2c(=S)[nH]c3ccccc32)s1. The molecule has 0 amide bonds. The van der Waals surface area contributed by atoms with Crippen molar-refractivity contribution in [2.24, 2.45) is 0 Å². The van der Waals surface area contributed by atoms with Crippen molar-refractivity contribution in [3.63, 3.8) is 0 Å². The zero-order valence-corrected chi connectivity index (χ0v) is 10.9. The number of nitrogens with zero attached hydrogens (tertiary/aromatic N) is 2. The van der Waals surface area contributed by atoms with Gasteiger partial charge in [0.1, 0.15) is 0 Å². The Hall–Kier alpha value is -1.46. The minimum absolute atomic E-state index is 0.761. The summed E-state index contributed by atoms with van der Waals surface area (Å²) in [4.78, 5) is 8.71. The second-order valence-electron chi connectivity index (χ2n) is 3.88. The lowest BCUT2D eigenvalue weighted by atomic mass is 10.3. The number of hydrogen-bond acceptors (Lipinski definition) is 3. The minimum Gasteiger partial charge on any atom is -0.331 e. The van der Waals surface area contributed by atoms with Gasteiger partial charge in [-0.2, -0.15) is 0 Å². The number of aromatic amines is 1. The number of fused-ring (bicyclic) bond motifs is 1. The summed E-state index contributed by atoms with van der Waals surface area (Å²) in [5.74, 6) is 0. The lowest BCUT2D eigenvalue weighted by Gasteiger charge is -2.01. The number of aromatic nitrogens is 3. The van der Waals surface area contributed by atoms with Crippen LogP contribution in [0, 0.1) is 11.7 Å². The Kier molecular flexibility index (Phi) is 2.57. The lowest BCUT2D eigenvalue weighted by Crippen LogP contribution is -1.97. The van der Waals surface area contributed by atoms with Crippen LogP contribution in [0.1, 0.15) is 9.88 Å². The van der Waals surface area contributed by atoms with Gasteiger partial charge in [-0.25, -0.2) is 4.98 Å². The fourth-order valence-corrected chi connectivity index (χ4v) is 2.95. The molecular weight excluding hydrogens is 250 g/mol. The second kappa shape index (κ2) is 4.09. The molecule has 0 saturated heterocycles. The van der Waals surface area contributed by atoms with Crippen LogP contribution in [-0.2, 0) is 6.54 Å². The molecule has 1 N–H and O–H groups in total. The average molecular weight is 261 g/mol. The average Bonchev–Trinajstić information content (AvgIpc) is 2.85. The first-order valence-electron chi connectivity index (χ1n) is 5.33. The molecule has 3 aromatic rings. The van der Waals surface area contributed by atoms with E-state index in [-0.39, 0.29) is 0 Å². The number of benzene rings is 1. The van der Waals surface area contributed by atoms with Crippen molar-refractivity contribution in [3.05, 3.63) is 45.1 Å². The van der Waals surface area contributed by atoms with Crippen LogP contribution < -0.4 is 0 Å². The van der Waals surface area contributed by atoms with Crippen molar-refractivity contribution in [1.82, 2.24) is 14.5 Å². The van der Waals surface area contributed by atoms with Crippen LogP contribution in [0.4, 0.5) is 0 Å². The van der Waals surface area contributed by atoms with Crippen LogP contribution in [0.25, 0.3) is 11.0 Å². The summed E-state index contributed by atoms with van der Waals surface area (Å²) in [6.45, 7) is 2.80. The van der Waals surface area contributed by atoms with Crippen LogP contribution in [0.5, 0.6) is 0 Å². The third-order valence-corrected chi connectivity index (χ3v) is 3.88. The molecule has 86 valence electrons. The number of nitrogens with one attached hydrogen (secondary N) is 1. The van der Waals surface area contributed by atoms with Gasteiger partial charge in [-0.15, -0.1) is 11.3 Å². The summed E-state index contributed by atoms with van der Waals surface area (Å²) in [5, 5.41) is 1.09. The summed E-state index contributed by atoms with van der Waals surface area (Å²) in [6.07, 6.45) is 1.92. The van der Waals surface area contributed by atoms with Crippen molar-refractivity contribution in [1.29, 1.82) is 0 Å². The van der Waals surface area contributed by atoms with E-state index in [0.717, 1.165) is 27.4 Å². The lowest BCUT2D eigenvalue weighted by molar-refractivity contribution is 0.821. The third kappa shape index (κ3) is 1.92. The van der Waals surface area contributed by atoms with Gasteiger partial charge in [-0.05, 0) is 31.3 Å². The van der Waals surface area contributed by atoms with E-state index in [2.05, 4.69) is 20.6 Å². The van der Waals surface area contributed by atoms with Crippen molar-refractivity contribution < 1.29 is 0 Å². The number of thiazole rings is 1. The van der Waals surface area contributed by atoms with Gasteiger partial charge in [-0.1, -0.05) is 12.1 Å². The molecule has 17 heavy (non-hydrogen) atoms. The second-order valence-corrected chi connectivity index (χ2v) is 5.59.